The molecule has 14 heavy (non-hydrogen) atoms. The zero-order valence-corrected chi connectivity index (χ0v) is 8.74. The number of hydrogen-bond donors (Lipinski definition) is 1. The third kappa shape index (κ3) is 1.86. The molecule has 0 unspecified atom stereocenters. The fourth-order valence-electron chi connectivity index (χ4n) is 1.15. The predicted molar refractivity (Wildman–Crippen MR) is 50.4 cm³/mol. The van der Waals surface area contributed by atoms with Gasteiger partial charge in [0, 0.05) is 7.05 Å². The Balaban J connectivity index is 2.91. The summed E-state index contributed by atoms with van der Waals surface area (Å²) in [6.45, 7) is 5.12. The molecule has 0 fully saturated rings. The number of nitrogens with zero attached hydrogens (tertiary/aromatic N) is 2. The van der Waals surface area contributed by atoms with E-state index in [0.29, 0.717) is 11.4 Å². The molecule has 0 saturated carbocycles. The van der Waals surface area contributed by atoms with Crippen molar-refractivity contribution in [2.75, 3.05) is 0 Å². The minimum Gasteiger partial charge on any atom is -0.479 e. The second-order valence-electron chi connectivity index (χ2n) is 3.22. The van der Waals surface area contributed by atoms with Gasteiger partial charge < -0.3 is 9.84 Å². The van der Waals surface area contributed by atoms with Crippen LogP contribution in [0.15, 0.2) is 0 Å². The van der Waals surface area contributed by atoms with Crippen molar-refractivity contribution in [1.29, 1.82) is 0 Å². The summed E-state index contributed by atoms with van der Waals surface area (Å²) < 4.78 is 6.94. The summed E-state index contributed by atoms with van der Waals surface area (Å²) in [5.74, 6) is -0.421. The molecule has 1 rings (SSSR count). The lowest BCUT2D eigenvalue weighted by atomic mass is 10.3. The van der Waals surface area contributed by atoms with E-state index in [1.165, 1.54) is 6.92 Å². The van der Waals surface area contributed by atoms with E-state index in [4.69, 9.17) is 9.84 Å². The van der Waals surface area contributed by atoms with Crippen molar-refractivity contribution in [2.24, 2.45) is 7.05 Å². The summed E-state index contributed by atoms with van der Waals surface area (Å²) in [6.07, 6.45) is -0.850. The molecule has 5 nitrogen and oxygen atoms in total. The molecule has 0 aliphatic heterocycles. The molecular formula is C9H14N2O3. The first-order valence-corrected chi connectivity index (χ1v) is 4.33. The second-order valence-corrected chi connectivity index (χ2v) is 3.22. The highest BCUT2D eigenvalue weighted by Crippen LogP contribution is 2.22. The Morgan fingerprint density at radius 2 is 2.14 bits per heavy atom. The van der Waals surface area contributed by atoms with Gasteiger partial charge in [0.2, 0.25) is 0 Å². The van der Waals surface area contributed by atoms with Gasteiger partial charge in [-0.15, -0.1) is 0 Å². The molecule has 1 N–H and O–H groups in total. The SMILES string of the molecule is Cc1nn(C)c(C)c1O[C@@H](C)C(=O)O. The molecule has 1 heterocycles. The maximum Gasteiger partial charge on any atom is 0.344 e. The number of hydrogen-bond acceptors (Lipinski definition) is 3. The van der Waals surface area contributed by atoms with Gasteiger partial charge in [-0.25, -0.2) is 4.79 Å². The lowest BCUT2D eigenvalue weighted by molar-refractivity contribution is -0.144. The average Bonchev–Trinajstić information content (AvgIpc) is 2.32. The van der Waals surface area contributed by atoms with Crippen LogP contribution in [0, 0.1) is 13.8 Å². The molecule has 0 bridgehead atoms. The summed E-state index contributed by atoms with van der Waals surface area (Å²) >= 11 is 0. The Bertz CT molecular complexity index is 357. The van der Waals surface area contributed by atoms with Crippen molar-refractivity contribution in [3.63, 3.8) is 0 Å². The molecular weight excluding hydrogens is 184 g/mol. The van der Waals surface area contributed by atoms with Gasteiger partial charge >= 0.3 is 5.97 Å². The van der Waals surface area contributed by atoms with Crippen molar-refractivity contribution in [2.45, 2.75) is 26.9 Å². The molecule has 78 valence electrons. The van der Waals surface area contributed by atoms with Crippen LogP contribution in [0.2, 0.25) is 0 Å². The largest absolute Gasteiger partial charge is 0.479 e. The van der Waals surface area contributed by atoms with Crippen molar-refractivity contribution >= 4 is 5.97 Å². The van der Waals surface area contributed by atoms with Gasteiger partial charge in [0.05, 0.1) is 5.69 Å². The van der Waals surface area contributed by atoms with E-state index in [9.17, 15) is 4.79 Å². The number of aryl methyl sites for hydroxylation is 2. The number of carboxylic acid groups (broad SMARTS) is 1. The lowest BCUT2D eigenvalue weighted by Gasteiger charge is -2.10. The maximum absolute atomic E-state index is 10.6. The quantitative estimate of drug-likeness (QED) is 0.783. The predicted octanol–water partition coefficient (Wildman–Crippen LogP) is 0.889. The fraction of sp³-hybridized carbons (Fsp3) is 0.556. The third-order valence-electron chi connectivity index (χ3n) is 2.09. The molecule has 0 saturated heterocycles. The fourth-order valence-corrected chi connectivity index (χ4v) is 1.15. The summed E-state index contributed by atoms with van der Waals surface area (Å²) in [5, 5.41) is 12.8. The Morgan fingerprint density at radius 1 is 1.57 bits per heavy atom. The third-order valence-corrected chi connectivity index (χ3v) is 2.09. The van der Waals surface area contributed by atoms with Crippen LogP contribution >= 0.6 is 0 Å². The molecule has 0 radical (unpaired) electrons. The van der Waals surface area contributed by atoms with E-state index in [1.807, 2.05) is 6.92 Å². The monoisotopic (exact) mass is 198 g/mol. The standard InChI is InChI=1S/C9H14N2O3/c1-5-8(6(2)11(4)10-5)14-7(3)9(12)13/h7H,1-4H3,(H,12,13)/t7-/m0/s1. The normalized spacial score (nSPS) is 12.6. The molecule has 0 amide bonds. The van der Waals surface area contributed by atoms with Crippen LogP contribution in [-0.2, 0) is 11.8 Å². The van der Waals surface area contributed by atoms with Crippen LogP contribution in [0.1, 0.15) is 18.3 Å². The molecule has 0 aliphatic carbocycles. The van der Waals surface area contributed by atoms with Gasteiger partial charge in [0.15, 0.2) is 11.9 Å². The minimum absolute atomic E-state index is 0.558. The Hall–Kier alpha value is -1.52. The Morgan fingerprint density at radius 3 is 2.50 bits per heavy atom. The van der Waals surface area contributed by atoms with E-state index < -0.39 is 12.1 Å². The van der Waals surface area contributed by atoms with Crippen molar-refractivity contribution in [3.05, 3.63) is 11.4 Å². The van der Waals surface area contributed by atoms with Gasteiger partial charge in [0.1, 0.15) is 5.69 Å². The van der Waals surface area contributed by atoms with Crippen LogP contribution in [0.4, 0.5) is 0 Å². The summed E-state index contributed by atoms with van der Waals surface area (Å²) in [7, 11) is 1.79. The smallest absolute Gasteiger partial charge is 0.344 e. The van der Waals surface area contributed by atoms with Crippen LogP contribution < -0.4 is 4.74 Å². The maximum atomic E-state index is 10.6. The summed E-state index contributed by atoms with van der Waals surface area (Å²) in [4.78, 5) is 10.6. The van der Waals surface area contributed by atoms with Crippen molar-refractivity contribution in [3.8, 4) is 5.75 Å². The average molecular weight is 198 g/mol. The van der Waals surface area contributed by atoms with Gasteiger partial charge in [-0.1, -0.05) is 0 Å². The van der Waals surface area contributed by atoms with Crippen molar-refractivity contribution < 1.29 is 14.6 Å². The van der Waals surface area contributed by atoms with Crippen LogP contribution in [-0.4, -0.2) is 27.0 Å². The van der Waals surface area contributed by atoms with E-state index in [2.05, 4.69) is 5.10 Å². The number of ether oxygens (including phenoxy) is 1. The van der Waals surface area contributed by atoms with Gasteiger partial charge in [-0.2, -0.15) is 5.10 Å². The van der Waals surface area contributed by atoms with E-state index >= 15 is 0 Å². The van der Waals surface area contributed by atoms with Crippen LogP contribution in [0.5, 0.6) is 5.75 Å². The topological polar surface area (TPSA) is 64.4 Å². The Kier molecular flexibility index (Phi) is 2.78. The molecule has 0 spiro atoms. The van der Waals surface area contributed by atoms with Crippen LogP contribution in [0.25, 0.3) is 0 Å². The minimum atomic E-state index is -0.979. The lowest BCUT2D eigenvalue weighted by Crippen LogP contribution is -2.23. The molecule has 0 aromatic carbocycles. The first-order valence-electron chi connectivity index (χ1n) is 4.33. The number of carbonyl (C=O) groups is 1. The number of aromatic nitrogens is 2. The molecule has 1 atom stereocenters. The highest BCUT2D eigenvalue weighted by molar-refractivity contribution is 5.72. The number of carboxylic acids is 1. The zero-order valence-electron chi connectivity index (χ0n) is 8.74. The molecule has 5 heteroatoms. The second kappa shape index (κ2) is 3.69. The van der Waals surface area contributed by atoms with Crippen molar-refractivity contribution in [1.82, 2.24) is 9.78 Å². The van der Waals surface area contributed by atoms with E-state index in [1.54, 1.807) is 18.7 Å². The van der Waals surface area contributed by atoms with Gasteiger partial charge in [0.25, 0.3) is 0 Å². The highest BCUT2D eigenvalue weighted by Gasteiger charge is 2.18. The summed E-state index contributed by atoms with van der Waals surface area (Å²) in [5.41, 5.74) is 1.54. The highest BCUT2D eigenvalue weighted by atomic mass is 16.5. The van der Waals surface area contributed by atoms with E-state index in [-0.39, 0.29) is 0 Å². The van der Waals surface area contributed by atoms with Gasteiger partial charge in [-0.3, -0.25) is 4.68 Å². The first kappa shape index (κ1) is 10.6. The van der Waals surface area contributed by atoms with Crippen LogP contribution in [0.3, 0.4) is 0 Å². The number of aliphatic carboxylic acids is 1. The summed E-state index contributed by atoms with van der Waals surface area (Å²) in [6, 6.07) is 0. The molecule has 1 aromatic rings. The zero-order chi connectivity index (χ0) is 10.9. The molecule has 0 aliphatic rings. The molecule has 1 aromatic heterocycles. The number of rotatable bonds is 3. The van der Waals surface area contributed by atoms with E-state index in [0.717, 1.165) is 5.69 Å². The Labute approximate surface area is 82.3 Å². The van der Waals surface area contributed by atoms with Gasteiger partial charge in [-0.05, 0) is 20.8 Å². The first-order chi connectivity index (χ1) is 6.43.